The molecule has 92 valence electrons. The molecule has 18 heavy (non-hydrogen) atoms. The van der Waals surface area contributed by atoms with E-state index in [0.29, 0.717) is 0 Å². The minimum atomic E-state index is -0.125. The molecule has 1 aromatic heterocycles. The molecule has 0 aliphatic carbocycles. The molecule has 2 aromatic rings. The Balaban J connectivity index is 2.43. The minimum Gasteiger partial charge on any atom is -0.326 e. The molecule has 2 atom stereocenters. The number of nitriles is 1. The van der Waals surface area contributed by atoms with Gasteiger partial charge >= 0.3 is 0 Å². The summed E-state index contributed by atoms with van der Waals surface area (Å²) in [6.45, 7) is 3.95. The molecule has 5 nitrogen and oxygen atoms in total. The third kappa shape index (κ3) is 2.39. The van der Waals surface area contributed by atoms with Crippen molar-refractivity contribution in [1.82, 2.24) is 14.8 Å². The van der Waals surface area contributed by atoms with Crippen molar-refractivity contribution >= 4 is 0 Å². The number of nitrogens with two attached hydrogens (primary N) is 1. The van der Waals surface area contributed by atoms with Crippen molar-refractivity contribution in [3.8, 4) is 6.07 Å². The Labute approximate surface area is 106 Å². The van der Waals surface area contributed by atoms with Crippen molar-refractivity contribution in [3.63, 3.8) is 0 Å². The van der Waals surface area contributed by atoms with Crippen LogP contribution in [0, 0.1) is 18.3 Å². The lowest BCUT2D eigenvalue weighted by Crippen LogP contribution is -2.30. The average molecular weight is 241 g/mol. The van der Waals surface area contributed by atoms with Gasteiger partial charge in [0.05, 0.1) is 6.04 Å². The molecular weight excluding hydrogens is 226 g/mol. The zero-order valence-electron chi connectivity index (χ0n) is 10.4. The van der Waals surface area contributed by atoms with Crippen molar-refractivity contribution < 1.29 is 0 Å². The monoisotopic (exact) mass is 241 g/mol. The van der Waals surface area contributed by atoms with Gasteiger partial charge in [0.2, 0.25) is 0 Å². The fraction of sp³-hybridized carbons (Fsp3) is 0.308. The molecule has 2 rings (SSSR count). The maximum Gasteiger partial charge on any atom is 0.252 e. The van der Waals surface area contributed by atoms with Crippen LogP contribution in [-0.2, 0) is 0 Å². The van der Waals surface area contributed by atoms with Gasteiger partial charge in [-0.3, -0.25) is 0 Å². The second-order valence-corrected chi connectivity index (χ2v) is 4.38. The van der Waals surface area contributed by atoms with Gasteiger partial charge in [-0.2, -0.15) is 5.26 Å². The van der Waals surface area contributed by atoms with Crippen LogP contribution in [0.2, 0.25) is 0 Å². The lowest BCUT2D eigenvalue weighted by Gasteiger charge is -2.21. The van der Waals surface area contributed by atoms with Crippen LogP contribution < -0.4 is 5.73 Å². The highest BCUT2D eigenvalue weighted by atomic mass is 15.3. The van der Waals surface area contributed by atoms with Crippen molar-refractivity contribution in [2.24, 2.45) is 5.73 Å². The van der Waals surface area contributed by atoms with Gasteiger partial charge in [0, 0.05) is 6.04 Å². The first-order valence-corrected chi connectivity index (χ1v) is 5.75. The summed E-state index contributed by atoms with van der Waals surface area (Å²) in [5, 5.41) is 12.9. The Bertz CT molecular complexity index is 579. The van der Waals surface area contributed by atoms with Crippen LogP contribution in [0.4, 0.5) is 0 Å². The van der Waals surface area contributed by atoms with Crippen LogP contribution >= 0.6 is 0 Å². The zero-order chi connectivity index (χ0) is 13.1. The van der Waals surface area contributed by atoms with Crippen molar-refractivity contribution in [2.45, 2.75) is 25.9 Å². The first kappa shape index (κ1) is 12.3. The molecule has 0 bridgehead atoms. The van der Waals surface area contributed by atoms with E-state index in [0.717, 1.165) is 5.56 Å². The van der Waals surface area contributed by atoms with E-state index in [1.807, 2.05) is 38.1 Å². The summed E-state index contributed by atoms with van der Waals surface area (Å²) in [6.07, 6.45) is 1.55. The third-order valence-electron chi connectivity index (χ3n) is 2.78. The number of nitrogens with zero attached hydrogens (tertiary/aromatic N) is 4. The molecule has 0 radical (unpaired) electrons. The highest BCUT2D eigenvalue weighted by Crippen LogP contribution is 2.21. The van der Waals surface area contributed by atoms with Gasteiger partial charge < -0.3 is 5.73 Å². The van der Waals surface area contributed by atoms with E-state index in [4.69, 9.17) is 11.0 Å². The van der Waals surface area contributed by atoms with E-state index in [-0.39, 0.29) is 17.9 Å². The molecule has 0 fully saturated rings. The fourth-order valence-electron chi connectivity index (χ4n) is 2.01. The summed E-state index contributed by atoms with van der Waals surface area (Å²) in [5.74, 6) is 0.160. The number of aryl methyl sites for hydroxylation is 1. The van der Waals surface area contributed by atoms with E-state index < -0.39 is 0 Å². The standard InChI is InChI=1S/C13H15N5/c1-9-4-3-5-11(6-9)13(10(2)15)18-8-16-12(7-14)17-18/h3-6,8,10,13H,15H2,1-2H3. The summed E-state index contributed by atoms with van der Waals surface area (Å²) < 4.78 is 1.65. The Morgan fingerprint density at radius 3 is 2.78 bits per heavy atom. The van der Waals surface area contributed by atoms with E-state index in [1.165, 1.54) is 5.56 Å². The Kier molecular flexibility index (Phi) is 3.40. The molecule has 0 amide bonds. The molecule has 1 heterocycles. The molecule has 0 aliphatic heterocycles. The molecular formula is C13H15N5. The van der Waals surface area contributed by atoms with Crippen LogP contribution in [0.1, 0.15) is 29.9 Å². The number of rotatable bonds is 3. The van der Waals surface area contributed by atoms with E-state index in [2.05, 4.69) is 16.1 Å². The molecule has 0 saturated heterocycles. The van der Waals surface area contributed by atoms with Crippen molar-refractivity contribution in [1.29, 1.82) is 5.26 Å². The van der Waals surface area contributed by atoms with E-state index in [9.17, 15) is 0 Å². The summed E-state index contributed by atoms with van der Waals surface area (Å²) in [5.41, 5.74) is 8.26. The molecule has 0 aliphatic rings. The fourth-order valence-corrected chi connectivity index (χ4v) is 2.01. The van der Waals surface area contributed by atoms with Crippen LogP contribution in [0.15, 0.2) is 30.6 Å². The molecule has 5 heteroatoms. The van der Waals surface area contributed by atoms with Crippen molar-refractivity contribution in [3.05, 3.63) is 47.5 Å². The highest BCUT2D eigenvalue weighted by molar-refractivity contribution is 5.26. The van der Waals surface area contributed by atoms with Crippen LogP contribution in [0.25, 0.3) is 0 Å². The highest BCUT2D eigenvalue weighted by Gasteiger charge is 2.20. The topological polar surface area (TPSA) is 80.5 Å². The summed E-state index contributed by atoms with van der Waals surface area (Å²) in [7, 11) is 0. The lowest BCUT2D eigenvalue weighted by molar-refractivity contribution is 0.452. The first-order valence-electron chi connectivity index (χ1n) is 5.75. The maximum absolute atomic E-state index is 8.77. The third-order valence-corrected chi connectivity index (χ3v) is 2.78. The van der Waals surface area contributed by atoms with E-state index in [1.54, 1.807) is 11.0 Å². The second-order valence-electron chi connectivity index (χ2n) is 4.38. The summed E-state index contributed by atoms with van der Waals surface area (Å²) in [4.78, 5) is 3.92. The lowest BCUT2D eigenvalue weighted by atomic mass is 10.00. The van der Waals surface area contributed by atoms with Crippen LogP contribution in [0.3, 0.4) is 0 Å². The van der Waals surface area contributed by atoms with Gasteiger partial charge in [-0.05, 0) is 19.4 Å². The van der Waals surface area contributed by atoms with Gasteiger partial charge in [-0.15, -0.1) is 5.10 Å². The second kappa shape index (κ2) is 4.98. The van der Waals surface area contributed by atoms with Gasteiger partial charge in [0.25, 0.3) is 5.82 Å². The number of hydrogen-bond donors (Lipinski definition) is 1. The predicted molar refractivity (Wildman–Crippen MR) is 67.7 cm³/mol. The van der Waals surface area contributed by atoms with Crippen molar-refractivity contribution in [2.75, 3.05) is 0 Å². The average Bonchev–Trinajstić information content (AvgIpc) is 2.77. The SMILES string of the molecule is Cc1cccc(C(C(C)N)n2cnc(C#N)n2)c1. The molecule has 2 N–H and O–H groups in total. The van der Waals surface area contributed by atoms with Gasteiger partial charge in [0.15, 0.2) is 0 Å². The summed E-state index contributed by atoms with van der Waals surface area (Å²) in [6, 6.07) is 9.78. The Morgan fingerprint density at radius 1 is 1.44 bits per heavy atom. The van der Waals surface area contributed by atoms with Crippen LogP contribution in [-0.4, -0.2) is 20.8 Å². The van der Waals surface area contributed by atoms with Gasteiger partial charge in [-0.25, -0.2) is 9.67 Å². The maximum atomic E-state index is 8.77. The molecule has 1 aromatic carbocycles. The smallest absolute Gasteiger partial charge is 0.252 e. The first-order chi connectivity index (χ1) is 8.61. The number of aromatic nitrogens is 3. The zero-order valence-corrected chi connectivity index (χ0v) is 10.4. The van der Waals surface area contributed by atoms with Gasteiger partial charge in [-0.1, -0.05) is 29.8 Å². The predicted octanol–water partition coefficient (Wildman–Crippen LogP) is 1.39. The summed E-state index contributed by atoms with van der Waals surface area (Å²) >= 11 is 0. The quantitative estimate of drug-likeness (QED) is 0.880. The van der Waals surface area contributed by atoms with Gasteiger partial charge in [0.1, 0.15) is 12.4 Å². The Hall–Kier alpha value is -2.19. The van der Waals surface area contributed by atoms with E-state index >= 15 is 0 Å². The largest absolute Gasteiger partial charge is 0.326 e. The number of benzene rings is 1. The number of hydrogen-bond acceptors (Lipinski definition) is 4. The minimum absolute atomic E-state index is 0.112. The molecule has 0 saturated carbocycles. The van der Waals surface area contributed by atoms with Crippen LogP contribution in [0.5, 0.6) is 0 Å². The Morgan fingerprint density at radius 2 is 2.22 bits per heavy atom. The normalized spacial score (nSPS) is 13.9. The molecule has 2 unspecified atom stereocenters. The molecule has 0 spiro atoms.